The van der Waals surface area contributed by atoms with E-state index in [-0.39, 0.29) is 18.9 Å². The number of carboxylic acid groups (broad SMARTS) is 1. The average Bonchev–Trinajstić information content (AvgIpc) is 2.32. The van der Waals surface area contributed by atoms with E-state index in [9.17, 15) is 22.0 Å². The van der Waals surface area contributed by atoms with Crippen LogP contribution in [-0.2, 0) is 14.8 Å². The molecule has 1 atom stereocenters. The minimum atomic E-state index is -4.16. The van der Waals surface area contributed by atoms with Crippen LogP contribution < -0.4 is 4.72 Å². The van der Waals surface area contributed by atoms with Crippen LogP contribution in [0, 0.1) is 23.5 Å². The van der Waals surface area contributed by atoms with Gasteiger partial charge in [-0.25, -0.2) is 21.9 Å². The van der Waals surface area contributed by atoms with E-state index in [4.69, 9.17) is 5.11 Å². The smallest absolute Gasteiger partial charge is 0.307 e. The van der Waals surface area contributed by atoms with Gasteiger partial charge in [0, 0.05) is 12.6 Å². The number of hydrogen-bond donors (Lipinski definition) is 2. The lowest BCUT2D eigenvalue weighted by Crippen LogP contribution is -2.33. The van der Waals surface area contributed by atoms with Gasteiger partial charge in [-0.2, -0.15) is 0 Å². The van der Waals surface area contributed by atoms with Crippen molar-refractivity contribution in [2.45, 2.75) is 25.2 Å². The van der Waals surface area contributed by atoms with Gasteiger partial charge in [-0.1, -0.05) is 13.8 Å². The Labute approximate surface area is 122 Å². The number of carboxylic acids is 1. The Kier molecular flexibility index (Phi) is 5.79. The minimum absolute atomic E-state index is 0.0715. The van der Waals surface area contributed by atoms with E-state index in [0.29, 0.717) is 18.2 Å². The highest BCUT2D eigenvalue weighted by Crippen LogP contribution is 2.15. The summed E-state index contributed by atoms with van der Waals surface area (Å²) in [4.78, 5) is 10.5. The van der Waals surface area contributed by atoms with Gasteiger partial charge in [0.2, 0.25) is 10.0 Å². The average molecular weight is 321 g/mol. The molecule has 0 aliphatic rings. The van der Waals surface area contributed by atoms with Gasteiger partial charge in [0.15, 0.2) is 0 Å². The molecule has 1 aromatic carbocycles. The number of sulfonamides is 1. The van der Waals surface area contributed by atoms with Crippen molar-refractivity contribution in [3.05, 3.63) is 29.8 Å². The van der Waals surface area contributed by atoms with Crippen molar-refractivity contribution in [1.82, 2.24) is 4.72 Å². The highest BCUT2D eigenvalue weighted by molar-refractivity contribution is 7.89. The lowest BCUT2D eigenvalue weighted by Gasteiger charge is -2.15. The van der Waals surface area contributed by atoms with E-state index in [1.807, 2.05) is 13.8 Å². The fourth-order valence-corrected chi connectivity index (χ4v) is 2.94. The zero-order valence-electron chi connectivity index (χ0n) is 11.6. The third-order valence-corrected chi connectivity index (χ3v) is 4.17. The second kappa shape index (κ2) is 6.95. The number of benzene rings is 1. The molecule has 1 unspecified atom stereocenters. The Morgan fingerprint density at radius 1 is 1.24 bits per heavy atom. The Balaban J connectivity index is 2.87. The van der Waals surface area contributed by atoms with Gasteiger partial charge >= 0.3 is 5.97 Å². The van der Waals surface area contributed by atoms with Crippen LogP contribution in [0.3, 0.4) is 0 Å². The topological polar surface area (TPSA) is 83.5 Å². The molecule has 0 bridgehead atoms. The lowest BCUT2D eigenvalue weighted by molar-refractivity contribution is -0.142. The largest absolute Gasteiger partial charge is 0.481 e. The Bertz CT molecular complexity index is 596. The summed E-state index contributed by atoms with van der Waals surface area (Å²) >= 11 is 0. The van der Waals surface area contributed by atoms with E-state index < -0.39 is 38.4 Å². The van der Waals surface area contributed by atoms with Crippen molar-refractivity contribution in [1.29, 1.82) is 0 Å². The molecular formula is C13H17F2NO4S. The van der Waals surface area contributed by atoms with Crippen LogP contribution in [0.25, 0.3) is 0 Å². The van der Waals surface area contributed by atoms with Crippen molar-refractivity contribution in [3.63, 3.8) is 0 Å². The predicted molar refractivity (Wildman–Crippen MR) is 72.1 cm³/mol. The van der Waals surface area contributed by atoms with Crippen LogP contribution in [0.1, 0.15) is 20.3 Å². The number of nitrogens with one attached hydrogen (secondary N) is 1. The minimum Gasteiger partial charge on any atom is -0.481 e. The Hall–Kier alpha value is -1.54. The maximum absolute atomic E-state index is 13.0. The molecule has 1 rings (SSSR count). The molecule has 0 aliphatic carbocycles. The standard InChI is InChI=1S/C13H17F2NO4S/c1-8(2)3-9(13(17)18)7-16-21(19,20)12-5-10(14)4-11(15)6-12/h4-6,8-9,16H,3,7H2,1-2H3,(H,17,18). The van der Waals surface area contributed by atoms with Crippen molar-refractivity contribution in [2.75, 3.05) is 6.54 Å². The van der Waals surface area contributed by atoms with Crippen LogP contribution in [0.2, 0.25) is 0 Å². The highest BCUT2D eigenvalue weighted by atomic mass is 32.2. The summed E-state index contributed by atoms with van der Waals surface area (Å²) in [6.45, 7) is 3.28. The second-order valence-corrected chi connectivity index (χ2v) is 6.89. The quantitative estimate of drug-likeness (QED) is 0.804. The molecule has 0 saturated heterocycles. The summed E-state index contributed by atoms with van der Waals surface area (Å²) in [6.07, 6.45) is 0.287. The number of carbonyl (C=O) groups is 1. The molecule has 118 valence electrons. The maximum Gasteiger partial charge on any atom is 0.307 e. The first-order chi connectivity index (χ1) is 9.61. The summed E-state index contributed by atoms with van der Waals surface area (Å²) in [5.41, 5.74) is 0. The second-order valence-electron chi connectivity index (χ2n) is 5.12. The van der Waals surface area contributed by atoms with E-state index >= 15 is 0 Å². The lowest BCUT2D eigenvalue weighted by atomic mass is 9.98. The molecule has 5 nitrogen and oxygen atoms in total. The zero-order valence-corrected chi connectivity index (χ0v) is 12.5. The van der Waals surface area contributed by atoms with Crippen LogP contribution >= 0.6 is 0 Å². The molecule has 0 spiro atoms. The summed E-state index contributed by atoms with van der Waals surface area (Å²) < 4.78 is 52.0. The predicted octanol–water partition coefficient (Wildman–Crippen LogP) is 1.99. The highest BCUT2D eigenvalue weighted by Gasteiger charge is 2.23. The first-order valence-electron chi connectivity index (χ1n) is 6.30. The van der Waals surface area contributed by atoms with Gasteiger partial charge in [0.1, 0.15) is 11.6 Å². The molecule has 0 fully saturated rings. The molecule has 1 aromatic rings. The Morgan fingerprint density at radius 2 is 1.76 bits per heavy atom. The van der Waals surface area contributed by atoms with Crippen molar-refractivity contribution in [3.8, 4) is 0 Å². The summed E-state index contributed by atoms with van der Waals surface area (Å²) in [7, 11) is -4.16. The van der Waals surface area contributed by atoms with Gasteiger partial charge in [0.05, 0.1) is 10.8 Å². The van der Waals surface area contributed by atoms with E-state index in [1.54, 1.807) is 0 Å². The van der Waals surface area contributed by atoms with Crippen LogP contribution in [-0.4, -0.2) is 26.0 Å². The van der Waals surface area contributed by atoms with Gasteiger partial charge < -0.3 is 5.11 Å². The number of rotatable bonds is 7. The molecule has 0 aromatic heterocycles. The fourth-order valence-electron chi connectivity index (χ4n) is 1.82. The summed E-state index contributed by atoms with van der Waals surface area (Å²) in [5.74, 6) is -4.00. The molecule has 0 radical (unpaired) electrons. The van der Waals surface area contributed by atoms with Crippen LogP contribution in [0.4, 0.5) is 8.78 Å². The van der Waals surface area contributed by atoms with E-state index in [2.05, 4.69) is 4.72 Å². The third kappa shape index (κ3) is 5.39. The van der Waals surface area contributed by atoms with Crippen LogP contribution in [0.5, 0.6) is 0 Å². The first-order valence-corrected chi connectivity index (χ1v) is 7.78. The third-order valence-electron chi connectivity index (χ3n) is 2.77. The van der Waals surface area contributed by atoms with Crippen molar-refractivity contribution in [2.24, 2.45) is 11.8 Å². The maximum atomic E-state index is 13.0. The van der Waals surface area contributed by atoms with E-state index in [0.717, 1.165) is 0 Å². The molecule has 2 N–H and O–H groups in total. The SMILES string of the molecule is CC(C)CC(CNS(=O)(=O)c1cc(F)cc(F)c1)C(=O)O. The molecule has 0 saturated carbocycles. The normalized spacial score (nSPS) is 13.4. The van der Waals surface area contributed by atoms with E-state index in [1.165, 1.54) is 0 Å². The van der Waals surface area contributed by atoms with Crippen molar-refractivity contribution >= 4 is 16.0 Å². The van der Waals surface area contributed by atoms with Crippen LogP contribution in [0.15, 0.2) is 23.1 Å². The van der Waals surface area contributed by atoms with Crippen molar-refractivity contribution < 1.29 is 27.1 Å². The molecule has 0 amide bonds. The Morgan fingerprint density at radius 3 is 2.19 bits per heavy atom. The first kappa shape index (κ1) is 17.5. The monoisotopic (exact) mass is 321 g/mol. The number of hydrogen-bond acceptors (Lipinski definition) is 3. The fraction of sp³-hybridized carbons (Fsp3) is 0.462. The zero-order chi connectivity index (χ0) is 16.2. The summed E-state index contributed by atoms with van der Waals surface area (Å²) in [6, 6.07) is 1.89. The molecule has 0 aliphatic heterocycles. The summed E-state index contributed by atoms with van der Waals surface area (Å²) in [5, 5.41) is 9.02. The van der Waals surface area contributed by atoms with Gasteiger partial charge in [-0.3, -0.25) is 4.79 Å². The number of aliphatic carboxylic acids is 1. The number of halogens is 2. The molecule has 8 heteroatoms. The van der Waals surface area contributed by atoms with Gasteiger partial charge in [0.25, 0.3) is 0 Å². The molecular weight excluding hydrogens is 304 g/mol. The van der Waals surface area contributed by atoms with Gasteiger partial charge in [-0.15, -0.1) is 0 Å². The van der Waals surface area contributed by atoms with Gasteiger partial charge in [-0.05, 0) is 24.5 Å². The molecule has 0 heterocycles. The molecule has 21 heavy (non-hydrogen) atoms.